The Hall–Kier alpha value is -5.86. The van der Waals surface area contributed by atoms with Crippen LogP contribution < -0.4 is 0 Å². The fraction of sp³-hybridized carbons (Fsp3) is 0. The van der Waals surface area contributed by atoms with Crippen molar-refractivity contribution in [3.63, 3.8) is 0 Å². The second kappa shape index (κ2) is 8.82. The van der Waals surface area contributed by atoms with Gasteiger partial charge in [-0.15, -0.1) is 0 Å². The second-order valence-corrected chi connectivity index (χ2v) is 11.7. The number of aromatic nitrogens is 2. The number of rotatable bonds is 1. The lowest BCUT2D eigenvalue weighted by atomic mass is 10.0. The van der Waals surface area contributed by atoms with Crippen molar-refractivity contribution >= 4 is 81.4 Å². The minimum absolute atomic E-state index is 1.17. The van der Waals surface area contributed by atoms with Crippen molar-refractivity contribution in [1.82, 2.24) is 8.97 Å². The molecule has 2 nitrogen and oxygen atoms in total. The van der Waals surface area contributed by atoms with Gasteiger partial charge in [0.25, 0.3) is 0 Å². The van der Waals surface area contributed by atoms with Gasteiger partial charge in [-0.05, 0) is 51.9 Å². The third kappa shape index (κ3) is 3.04. The zero-order valence-electron chi connectivity index (χ0n) is 23.9. The van der Waals surface area contributed by atoms with Crippen molar-refractivity contribution in [3.05, 3.63) is 158 Å². The normalized spacial score (nSPS) is 12.1. The van der Waals surface area contributed by atoms with Gasteiger partial charge in [-0.2, -0.15) is 0 Å². The van der Waals surface area contributed by atoms with Crippen LogP contribution in [-0.4, -0.2) is 8.97 Å². The van der Waals surface area contributed by atoms with Crippen LogP contribution in [-0.2, 0) is 0 Å². The van der Waals surface area contributed by atoms with Crippen LogP contribution >= 0.6 is 0 Å². The van der Waals surface area contributed by atoms with Crippen LogP contribution in [0.5, 0.6) is 0 Å². The van der Waals surface area contributed by atoms with Crippen LogP contribution in [0, 0.1) is 0 Å². The quantitative estimate of drug-likeness (QED) is 0.190. The lowest BCUT2D eigenvalue weighted by Gasteiger charge is -2.09. The molecule has 2 heteroatoms. The molecular formula is C42H26N2. The van der Waals surface area contributed by atoms with Gasteiger partial charge < -0.3 is 8.97 Å². The van der Waals surface area contributed by atoms with E-state index in [1.807, 2.05) is 0 Å². The fourth-order valence-electron chi connectivity index (χ4n) is 7.72. The predicted molar refractivity (Wildman–Crippen MR) is 188 cm³/mol. The van der Waals surface area contributed by atoms with Gasteiger partial charge in [0.2, 0.25) is 0 Å². The zero-order valence-corrected chi connectivity index (χ0v) is 23.9. The molecule has 3 heterocycles. The van der Waals surface area contributed by atoms with E-state index in [0.29, 0.717) is 0 Å². The largest absolute Gasteiger partial charge is 0.309 e. The van der Waals surface area contributed by atoms with Gasteiger partial charge in [0.15, 0.2) is 0 Å². The summed E-state index contributed by atoms with van der Waals surface area (Å²) in [6.07, 6.45) is 0. The fourth-order valence-corrected chi connectivity index (χ4v) is 7.72. The number of hydrogen-bond acceptors (Lipinski definition) is 0. The molecule has 0 saturated heterocycles. The summed E-state index contributed by atoms with van der Waals surface area (Å²) in [5.41, 5.74) is 7.29. The average Bonchev–Trinajstić information content (AvgIpc) is 3.62. The highest BCUT2D eigenvalue weighted by atomic mass is 15.0. The van der Waals surface area contributed by atoms with E-state index in [0.717, 1.165) is 0 Å². The van der Waals surface area contributed by atoms with Crippen molar-refractivity contribution in [3.8, 4) is 5.69 Å². The van der Waals surface area contributed by atoms with Gasteiger partial charge in [-0.25, -0.2) is 0 Å². The van der Waals surface area contributed by atoms with Crippen LogP contribution in [0.15, 0.2) is 158 Å². The standard InChI is InChI=1S/C42H26N2/c1-2-13-27(14-3-1)43-37-23-10-9-20-33(37)35-25-26-39-40(42(35)43)36-22-12-21-34-31-18-7-5-16-29(31)28-15-4-6-17-30(28)32-19-8-11-24-38(32)44(39)41(34)36/h1-26H. The van der Waals surface area contributed by atoms with Crippen molar-refractivity contribution < 1.29 is 0 Å². The summed E-state index contributed by atoms with van der Waals surface area (Å²) in [7, 11) is 0. The number of hydrogen-bond donors (Lipinski definition) is 0. The Bertz CT molecular complexity index is 2820. The molecule has 44 heavy (non-hydrogen) atoms. The van der Waals surface area contributed by atoms with E-state index in [1.165, 1.54) is 87.1 Å². The summed E-state index contributed by atoms with van der Waals surface area (Å²) in [5, 5.41) is 12.6. The number of benzene rings is 7. The first-order chi connectivity index (χ1) is 21.9. The summed E-state index contributed by atoms with van der Waals surface area (Å²) >= 11 is 0. The van der Waals surface area contributed by atoms with E-state index in [-0.39, 0.29) is 0 Å². The molecule has 204 valence electrons. The van der Waals surface area contributed by atoms with Crippen LogP contribution in [0.25, 0.3) is 87.1 Å². The monoisotopic (exact) mass is 558 g/mol. The molecule has 0 spiro atoms. The van der Waals surface area contributed by atoms with Crippen LogP contribution in [0.4, 0.5) is 0 Å². The Kier molecular flexibility index (Phi) is 4.75. The zero-order chi connectivity index (χ0) is 28.8. The number of fused-ring (bicyclic) bond motifs is 14. The first kappa shape index (κ1) is 23.7. The molecule has 0 bridgehead atoms. The summed E-state index contributed by atoms with van der Waals surface area (Å²) in [5.74, 6) is 0. The number of nitrogens with zero attached hydrogens (tertiary/aromatic N) is 2. The molecule has 10 rings (SSSR count). The van der Waals surface area contributed by atoms with Crippen LogP contribution in [0.1, 0.15) is 0 Å². The molecule has 0 atom stereocenters. The Morgan fingerprint density at radius 3 is 1.45 bits per heavy atom. The predicted octanol–water partition coefficient (Wildman–Crippen LogP) is 11.4. The molecule has 0 fully saturated rings. The molecule has 3 aromatic heterocycles. The van der Waals surface area contributed by atoms with Crippen molar-refractivity contribution in [2.45, 2.75) is 0 Å². The van der Waals surface area contributed by atoms with Crippen molar-refractivity contribution in [2.24, 2.45) is 0 Å². The SMILES string of the molecule is c1ccc(-n2c3ccccc3c3ccc4c(c5cccc6c7ccccc7c7ccccc7c7ccccc7n4c65)c32)cc1. The van der Waals surface area contributed by atoms with E-state index >= 15 is 0 Å². The summed E-state index contributed by atoms with van der Waals surface area (Å²) in [6.45, 7) is 0. The van der Waals surface area contributed by atoms with Gasteiger partial charge in [0.05, 0.1) is 27.6 Å². The summed E-state index contributed by atoms with van der Waals surface area (Å²) in [4.78, 5) is 0. The minimum atomic E-state index is 1.17. The minimum Gasteiger partial charge on any atom is -0.309 e. The van der Waals surface area contributed by atoms with E-state index in [4.69, 9.17) is 0 Å². The highest BCUT2D eigenvalue weighted by Crippen LogP contribution is 2.43. The maximum absolute atomic E-state index is 2.53. The molecule has 0 aliphatic rings. The lowest BCUT2D eigenvalue weighted by molar-refractivity contribution is 1.19. The smallest absolute Gasteiger partial charge is 0.0641 e. The van der Waals surface area contributed by atoms with Gasteiger partial charge >= 0.3 is 0 Å². The third-order valence-corrected chi connectivity index (χ3v) is 9.47. The van der Waals surface area contributed by atoms with Gasteiger partial charge in [0.1, 0.15) is 0 Å². The van der Waals surface area contributed by atoms with Crippen molar-refractivity contribution in [1.29, 1.82) is 0 Å². The molecule has 7 aromatic carbocycles. The Labute approximate surface area is 253 Å². The molecule has 10 aromatic rings. The molecular weight excluding hydrogens is 532 g/mol. The maximum atomic E-state index is 2.53. The Morgan fingerprint density at radius 2 is 0.750 bits per heavy atom. The van der Waals surface area contributed by atoms with Crippen LogP contribution in [0.2, 0.25) is 0 Å². The first-order valence-electron chi connectivity index (χ1n) is 15.2. The average molecular weight is 559 g/mol. The molecule has 0 N–H and O–H groups in total. The van der Waals surface area contributed by atoms with E-state index in [1.54, 1.807) is 0 Å². The van der Waals surface area contributed by atoms with E-state index in [9.17, 15) is 0 Å². The van der Waals surface area contributed by atoms with E-state index in [2.05, 4.69) is 167 Å². The molecule has 0 aliphatic carbocycles. The molecule has 0 aliphatic heterocycles. The van der Waals surface area contributed by atoms with Crippen LogP contribution in [0.3, 0.4) is 0 Å². The van der Waals surface area contributed by atoms with E-state index < -0.39 is 0 Å². The Balaban J connectivity index is 1.60. The van der Waals surface area contributed by atoms with Crippen molar-refractivity contribution in [2.75, 3.05) is 0 Å². The third-order valence-electron chi connectivity index (χ3n) is 9.47. The highest BCUT2D eigenvalue weighted by Gasteiger charge is 2.21. The lowest BCUT2D eigenvalue weighted by Crippen LogP contribution is -1.93. The molecule has 0 radical (unpaired) electrons. The number of para-hydroxylation sites is 4. The van der Waals surface area contributed by atoms with Gasteiger partial charge in [-0.3, -0.25) is 0 Å². The first-order valence-corrected chi connectivity index (χ1v) is 15.2. The van der Waals surface area contributed by atoms with Gasteiger partial charge in [-0.1, -0.05) is 127 Å². The second-order valence-electron chi connectivity index (χ2n) is 11.7. The summed E-state index contributed by atoms with van der Waals surface area (Å²) < 4.78 is 4.99. The van der Waals surface area contributed by atoms with Gasteiger partial charge in [0, 0.05) is 38.0 Å². The maximum Gasteiger partial charge on any atom is 0.0641 e. The molecule has 0 saturated carbocycles. The molecule has 0 amide bonds. The highest BCUT2D eigenvalue weighted by molar-refractivity contribution is 6.31. The topological polar surface area (TPSA) is 9.34 Å². The molecule has 0 unspecified atom stereocenters. The Morgan fingerprint density at radius 1 is 0.273 bits per heavy atom. The summed E-state index contributed by atoms with van der Waals surface area (Å²) in [6, 6.07) is 57.8.